The first kappa shape index (κ1) is 17.0. The number of fused-ring (bicyclic) bond motifs is 3. The zero-order chi connectivity index (χ0) is 18.4. The van der Waals surface area contributed by atoms with Crippen LogP contribution in [-0.4, -0.2) is 32.8 Å². The summed E-state index contributed by atoms with van der Waals surface area (Å²) in [6, 6.07) is 0. The topological polar surface area (TPSA) is 95.9 Å². The summed E-state index contributed by atoms with van der Waals surface area (Å²) in [5, 5.41) is 5.34. The second-order valence-corrected chi connectivity index (χ2v) is 7.78. The van der Waals surface area contributed by atoms with Gasteiger partial charge in [-0.2, -0.15) is 9.78 Å². The number of carbonyl (C=O) groups is 1. The van der Waals surface area contributed by atoms with E-state index in [1.807, 2.05) is 6.92 Å². The molecule has 0 aromatic carbocycles. The Balaban J connectivity index is 1.97. The highest BCUT2D eigenvalue weighted by Gasteiger charge is 2.26. The molecule has 7 nitrogen and oxygen atoms in total. The molecule has 0 bridgehead atoms. The van der Waals surface area contributed by atoms with Crippen molar-refractivity contribution in [2.45, 2.75) is 39.5 Å². The van der Waals surface area contributed by atoms with Crippen LogP contribution in [0.15, 0.2) is 6.20 Å². The molecule has 1 unspecified atom stereocenters. The molecule has 1 aliphatic carbocycles. The monoisotopic (exact) mass is 371 g/mol. The Morgan fingerprint density at radius 2 is 2.27 bits per heavy atom. The smallest absolute Gasteiger partial charge is 0.343 e. The number of methoxy groups -OCH3 is 1. The van der Waals surface area contributed by atoms with Crippen LogP contribution in [0.3, 0.4) is 0 Å². The van der Waals surface area contributed by atoms with Crippen molar-refractivity contribution in [2.75, 3.05) is 12.8 Å². The van der Waals surface area contributed by atoms with Gasteiger partial charge in [-0.05, 0) is 30.7 Å². The van der Waals surface area contributed by atoms with E-state index in [2.05, 4.69) is 12.0 Å². The molecule has 0 aliphatic heterocycles. The normalized spacial score (nSPS) is 16.7. The Kier molecular flexibility index (Phi) is 4.14. The molecule has 0 amide bonds. The molecule has 3 aromatic rings. The molecular weight excluding hydrogens is 350 g/mol. The lowest BCUT2D eigenvalue weighted by Crippen LogP contribution is -2.12. The van der Waals surface area contributed by atoms with E-state index in [-0.39, 0.29) is 11.4 Å². The summed E-state index contributed by atoms with van der Waals surface area (Å²) in [6.45, 7) is 4.30. The fraction of sp³-hybridized carbons (Fsp3) is 0.444. The van der Waals surface area contributed by atoms with Gasteiger partial charge in [0.05, 0.1) is 18.7 Å². The number of nitrogen functional groups attached to an aromatic ring is 1. The van der Waals surface area contributed by atoms with Crippen LogP contribution in [0.5, 0.6) is 0 Å². The minimum atomic E-state index is -0.504. The molecule has 4 rings (SSSR count). The first-order valence-electron chi connectivity index (χ1n) is 8.76. The van der Waals surface area contributed by atoms with Crippen molar-refractivity contribution in [2.24, 2.45) is 5.92 Å². The van der Waals surface area contributed by atoms with Crippen molar-refractivity contribution in [3.05, 3.63) is 28.0 Å². The maximum Gasteiger partial charge on any atom is 0.343 e. The molecule has 136 valence electrons. The molecule has 0 radical (unpaired) electrons. The first-order valence-corrected chi connectivity index (χ1v) is 9.58. The Labute approximate surface area is 155 Å². The third kappa shape index (κ3) is 2.56. The highest BCUT2D eigenvalue weighted by atomic mass is 32.1. The van der Waals surface area contributed by atoms with E-state index in [0.29, 0.717) is 18.2 Å². The van der Waals surface area contributed by atoms with E-state index in [0.717, 1.165) is 35.3 Å². The molecule has 1 aliphatic rings. The highest BCUT2D eigenvalue weighted by Crippen LogP contribution is 2.39. The van der Waals surface area contributed by atoms with Crippen molar-refractivity contribution in [1.29, 1.82) is 0 Å². The van der Waals surface area contributed by atoms with Crippen LogP contribution >= 0.6 is 11.3 Å². The van der Waals surface area contributed by atoms with Crippen LogP contribution in [0.2, 0.25) is 0 Å². The molecule has 0 fully saturated rings. The number of hydrogen-bond donors (Lipinski definition) is 1. The van der Waals surface area contributed by atoms with Crippen LogP contribution in [0.1, 0.15) is 46.9 Å². The Bertz CT molecular complexity index is 1010. The standard InChI is InChI=1S/C18H21N5O2S/c1-4-13-21-16(23-15(19)11(8-20-23)18(24)25-3)14-10-6-5-9(2)7-12(10)26-17(14)22-13/h8-9H,4-7,19H2,1-3H3. The number of thiophene rings is 1. The molecule has 26 heavy (non-hydrogen) atoms. The maximum atomic E-state index is 11.9. The number of carbonyl (C=O) groups excluding carboxylic acids is 1. The summed E-state index contributed by atoms with van der Waals surface area (Å²) in [5.74, 6) is 1.82. The van der Waals surface area contributed by atoms with E-state index >= 15 is 0 Å². The Morgan fingerprint density at radius 3 is 3.00 bits per heavy atom. The van der Waals surface area contributed by atoms with Crippen LogP contribution in [0, 0.1) is 5.92 Å². The Morgan fingerprint density at radius 1 is 1.46 bits per heavy atom. The lowest BCUT2D eigenvalue weighted by molar-refractivity contribution is 0.0602. The van der Waals surface area contributed by atoms with Gasteiger partial charge in [0.15, 0.2) is 5.82 Å². The number of nitrogens with two attached hydrogens (primary N) is 1. The van der Waals surface area contributed by atoms with Crippen molar-refractivity contribution < 1.29 is 9.53 Å². The van der Waals surface area contributed by atoms with Gasteiger partial charge in [-0.3, -0.25) is 0 Å². The van der Waals surface area contributed by atoms with Crippen LogP contribution < -0.4 is 5.73 Å². The van der Waals surface area contributed by atoms with Crippen LogP contribution in [0.4, 0.5) is 5.82 Å². The Hall–Kier alpha value is -2.48. The number of esters is 1. The number of ether oxygens (including phenoxy) is 1. The van der Waals surface area contributed by atoms with E-state index in [4.69, 9.17) is 20.4 Å². The minimum absolute atomic E-state index is 0.239. The molecule has 3 aromatic heterocycles. The van der Waals surface area contributed by atoms with Crippen LogP contribution in [0.25, 0.3) is 16.0 Å². The second kappa shape index (κ2) is 6.35. The van der Waals surface area contributed by atoms with Gasteiger partial charge in [-0.15, -0.1) is 11.3 Å². The third-order valence-electron chi connectivity index (χ3n) is 4.91. The van der Waals surface area contributed by atoms with Gasteiger partial charge < -0.3 is 10.5 Å². The number of rotatable bonds is 3. The summed E-state index contributed by atoms with van der Waals surface area (Å²) in [7, 11) is 1.33. The molecule has 0 saturated carbocycles. The minimum Gasteiger partial charge on any atom is -0.465 e. The van der Waals surface area contributed by atoms with Gasteiger partial charge in [-0.25, -0.2) is 14.8 Å². The summed E-state index contributed by atoms with van der Waals surface area (Å²) < 4.78 is 6.33. The lowest BCUT2D eigenvalue weighted by atomic mass is 9.89. The number of aromatic nitrogens is 4. The van der Waals surface area contributed by atoms with E-state index in [9.17, 15) is 4.79 Å². The van der Waals surface area contributed by atoms with Gasteiger partial charge in [0.1, 0.15) is 22.0 Å². The zero-order valence-corrected chi connectivity index (χ0v) is 15.9. The molecule has 1 atom stereocenters. The van der Waals surface area contributed by atoms with Gasteiger partial charge in [0.25, 0.3) is 0 Å². The van der Waals surface area contributed by atoms with Crippen molar-refractivity contribution in [3.8, 4) is 5.82 Å². The van der Waals surface area contributed by atoms with Gasteiger partial charge in [-0.1, -0.05) is 13.8 Å². The van der Waals surface area contributed by atoms with Crippen LogP contribution in [-0.2, 0) is 24.0 Å². The highest BCUT2D eigenvalue weighted by molar-refractivity contribution is 7.18. The number of nitrogens with zero attached hydrogens (tertiary/aromatic N) is 4. The number of anilines is 1. The SMILES string of the molecule is CCc1nc(-n2ncc(C(=O)OC)c2N)c2c3c(sc2n1)CC(C)CC3. The zero-order valence-electron chi connectivity index (χ0n) is 15.1. The average Bonchev–Trinajstić information content (AvgIpc) is 3.19. The summed E-state index contributed by atoms with van der Waals surface area (Å²) in [4.78, 5) is 23.7. The quantitative estimate of drug-likeness (QED) is 0.711. The number of hydrogen-bond acceptors (Lipinski definition) is 7. The molecule has 8 heteroatoms. The number of aryl methyl sites for hydroxylation is 2. The van der Waals surface area contributed by atoms with Gasteiger partial charge in [0, 0.05) is 11.3 Å². The average molecular weight is 371 g/mol. The molecule has 0 spiro atoms. The summed E-state index contributed by atoms with van der Waals surface area (Å²) in [6.07, 6.45) is 5.37. The van der Waals surface area contributed by atoms with E-state index in [1.54, 1.807) is 16.0 Å². The van der Waals surface area contributed by atoms with Crippen molar-refractivity contribution in [3.63, 3.8) is 0 Å². The summed E-state index contributed by atoms with van der Waals surface area (Å²) in [5.41, 5.74) is 7.75. The predicted molar refractivity (Wildman–Crippen MR) is 101 cm³/mol. The second-order valence-electron chi connectivity index (χ2n) is 6.70. The fourth-order valence-electron chi connectivity index (χ4n) is 3.47. The molecular formula is C18H21N5O2S. The van der Waals surface area contributed by atoms with E-state index < -0.39 is 5.97 Å². The van der Waals surface area contributed by atoms with E-state index in [1.165, 1.54) is 23.7 Å². The van der Waals surface area contributed by atoms with Gasteiger partial charge >= 0.3 is 5.97 Å². The molecule has 2 N–H and O–H groups in total. The van der Waals surface area contributed by atoms with Crippen molar-refractivity contribution in [1.82, 2.24) is 19.7 Å². The fourth-order valence-corrected chi connectivity index (χ4v) is 4.87. The summed E-state index contributed by atoms with van der Waals surface area (Å²) >= 11 is 1.74. The predicted octanol–water partition coefficient (Wildman–Crippen LogP) is 2.93. The molecule has 0 saturated heterocycles. The van der Waals surface area contributed by atoms with Crippen molar-refractivity contribution >= 4 is 33.3 Å². The molecule has 3 heterocycles. The largest absolute Gasteiger partial charge is 0.465 e. The first-order chi connectivity index (χ1) is 12.5. The third-order valence-corrected chi connectivity index (χ3v) is 6.06. The lowest BCUT2D eigenvalue weighted by Gasteiger charge is -2.18. The maximum absolute atomic E-state index is 11.9. The van der Waals surface area contributed by atoms with Gasteiger partial charge in [0.2, 0.25) is 0 Å².